The van der Waals surface area contributed by atoms with Gasteiger partial charge in [0, 0.05) is 12.0 Å². The molecule has 0 heterocycles. The Labute approximate surface area is 114 Å². The standard InChI is InChI=1S/C15H13FO.C2H6/c1-2-15(17)13-5-3-11(4-6-13)12-7-9-14(16)10-8-12;1-2/h3-10H,2H2,1H3;1-2H3. The molecule has 2 aromatic carbocycles. The summed E-state index contributed by atoms with van der Waals surface area (Å²) in [5, 5.41) is 0. The molecule has 2 heteroatoms. The second-order valence-corrected chi connectivity index (χ2v) is 3.86. The summed E-state index contributed by atoms with van der Waals surface area (Å²) in [6.07, 6.45) is 0.510. The predicted molar refractivity (Wildman–Crippen MR) is 77.8 cm³/mol. The molecule has 2 rings (SSSR count). The van der Waals surface area contributed by atoms with Crippen molar-refractivity contribution in [3.05, 3.63) is 59.9 Å². The topological polar surface area (TPSA) is 17.1 Å². The van der Waals surface area contributed by atoms with E-state index in [1.807, 2.05) is 45.0 Å². The lowest BCUT2D eigenvalue weighted by atomic mass is 10.0. The molecule has 0 aromatic heterocycles. The van der Waals surface area contributed by atoms with Gasteiger partial charge in [-0.2, -0.15) is 0 Å². The van der Waals surface area contributed by atoms with Crippen LogP contribution in [0.5, 0.6) is 0 Å². The Morgan fingerprint density at radius 3 is 1.74 bits per heavy atom. The van der Waals surface area contributed by atoms with E-state index in [4.69, 9.17) is 0 Å². The van der Waals surface area contributed by atoms with Crippen LogP contribution in [0.2, 0.25) is 0 Å². The van der Waals surface area contributed by atoms with E-state index in [-0.39, 0.29) is 11.6 Å². The zero-order chi connectivity index (χ0) is 14.3. The summed E-state index contributed by atoms with van der Waals surface area (Å²) in [5.74, 6) is -0.109. The highest BCUT2D eigenvalue weighted by Crippen LogP contribution is 2.20. The molecule has 0 aliphatic rings. The third-order valence-corrected chi connectivity index (χ3v) is 2.71. The second-order valence-electron chi connectivity index (χ2n) is 3.86. The van der Waals surface area contributed by atoms with E-state index in [2.05, 4.69) is 0 Å². The third-order valence-electron chi connectivity index (χ3n) is 2.71. The molecule has 1 nitrogen and oxygen atoms in total. The van der Waals surface area contributed by atoms with Gasteiger partial charge in [0.2, 0.25) is 0 Å². The molecule has 0 aliphatic carbocycles. The molecule has 0 N–H and O–H groups in total. The van der Waals surface area contributed by atoms with E-state index >= 15 is 0 Å². The van der Waals surface area contributed by atoms with Crippen molar-refractivity contribution in [3.63, 3.8) is 0 Å². The SMILES string of the molecule is CC.CCC(=O)c1ccc(-c2ccc(F)cc2)cc1. The van der Waals surface area contributed by atoms with E-state index in [0.717, 1.165) is 16.7 Å². The molecular weight excluding hydrogens is 239 g/mol. The van der Waals surface area contributed by atoms with Crippen LogP contribution >= 0.6 is 0 Å². The van der Waals surface area contributed by atoms with Crippen LogP contribution in [0.25, 0.3) is 11.1 Å². The Morgan fingerprint density at radius 2 is 1.32 bits per heavy atom. The third kappa shape index (κ3) is 4.02. The van der Waals surface area contributed by atoms with Crippen LogP contribution in [0.1, 0.15) is 37.6 Å². The number of hydrogen-bond donors (Lipinski definition) is 0. The van der Waals surface area contributed by atoms with Gasteiger partial charge < -0.3 is 0 Å². The molecule has 0 fully saturated rings. The fraction of sp³-hybridized carbons (Fsp3) is 0.235. The minimum atomic E-state index is -0.244. The summed E-state index contributed by atoms with van der Waals surface area (Å²) < 4.78 is 12.8. The number of carbonyl (C=O) groups excluding carboxylic acids is 1. The van der Waals surface area contributed by atoms with E-state index in [1.165, 1.54) is 12.1 Å². The Bertz CT molecular complexity index is 512. The van der Waals surface area contributed by atoms with Crippen LogP contribution in [0, 0.1) is 5.82 Å². The summed E-state index contributed by atoms with van der Waals surface area (Å²) in [5.41, 5.74) is 2.65. The van der Waals surface area contributed by atoms with Gasteiger partial charge in [0.05, 0.1) is 0 Å². The fourth-order valence-electron chi connectivity index (χ4n) is 1.70. The van der Waals surface area contributed by atoms with Crippen molar-refractivity contribution in [1.82, 2.24) is 0 Å². The first-order chi connectivity index (χ1) is 9.20. The molecule has 2 aromatic rings. The van der Waals surface area contributed by atoms with Crippen LogP contribution in [0.4, 0.5) is 4.39 Å². The van der Waals surface area contributed by atoms with E-state index < -0.39 is 0 Å². The summed E-state index contributed by atoms with van der Waals surface area (Å²) in [6.45, 7) is 5.84. The van der Waals surface area contributed by atoms with Crippen molar-refractivity contribution in [1.29, 1.82) is 0 Å². The van der Waals surface area contributed by atoms with Crippen LogP contribution in [0.15, 0.2) is 48.5 Å². The smallest absolute Gasteiger partial charge is 0.162 e. The van der Waals surface area contributed by atoms with Gasteiger partial charge in [0.25, 0.3) is 0 Å². The number of Topliss-reactive ketones (excluding diaryl/α,β-unsaturated/α-hetero) is 1. The van der Waals surface area contributed by atoms with Gasteiger partial charge in [-0.1, -0.05) is 57.2 Å². The predicted octanol–water partition coefficient (Wildman–Crippen LogP) is 5.11. The normalized spacial score (nSPS) is 9.47. The summed E-state index contributed by atoms with van der Waals surface area (Å²) in [4.78, 5) is 11.5. The zero-order valence-electron chi connectivity index (χ0n) is 11.6. The molecule has 0 atom stereocenters. The van der Waals surface area contributed by atoms with Gasteiger partial charge in [-0.3, -0.25) is 4.79 Å². The van der Waals surface area contributed by atoms with E-state index in [1.54, 1.807) is 12.1 Å². The van der Waals surface area contributed by atoms with Crippen molar-refractivity contribution >= 4 is 5.78 Å². The molecule has 0 saturated carbocycles. The van der Waals surface area contributed by atoms with Crippen LogP contribution in [0.3, 0.4) is 0 Å². The number of hydrogen-bond acceptors (Lipinski definition) is 1. The maximum absolute atomic E-state index is 12.8. The average molecular weight is 258 g/mol. The molecule has 0 unspecified atom stereocenters. The van der Waals surface area contributed by atoms with Crippen LogP contribution in [-0.4, -0.2) is 5.78 Å². The Balaban J connectivity index is 0.000000861. The first kappa shape index (κ1) is 15.1. The number of ketones is 1. The largest absolute Gasteiger partial charge is 0.294 e. The lowest BCUT2D eigenvalue weighted by molar-refractivity contribution is 0.0988. The van der Waals surface area contributed by atoms with Gasteiger partial charge in [0.15, 0.2) is 5.78 Å². The van der Waals surface area contributed by atoms with Crippen molar-refractivity contribution in [2.45, 2.75) is 27.2 Å². The molecular formula is C17H19FO. The highest BCUT2D eigenvalue weighted by molar-refractivity contribution is 5.96. The van der Waals surface area contributed by atoms with Crippen LogP contribution in [-0.2, 0) is 0 Å². The number of carbonyl (C=O) groups is 1. The molecule has 0 bridgehead atoms. The van der Waals surface area contributed by atoms with Crippen molar-refractivity contribution in [3.8, 4) is 11.1 Å². The van der Waals surface area contributed by atoms with Gasteiger partial charge >= 0.3 is 0 Å². The molecule has 0 radical (unpaired) electrons. The summed E-state index contributed by atoms with van der Waals surface area (Å²) in [7, 11) is 0. The average Bonchev–Trinajstić information content (AvgIpc) is 2.49. The van der Waals surface area contributed by atoms with Gasteiger partial charge in [-0.25, -0.2) is 4.39 Å². The maximum atomic E-state index is 12.8. The van der Waals surface area contributed by atoms with Crippen LogP contribution < -0.4 is 0 Å². The maximum Gasteiger partial charge on any atom is 0.162 e. The molecule has 100 valence electrons. The van der Waals surface area contributed by atoms with Crippen molar-refractivity contribution in [2.75, 3.05) is 0 Å². The molecule has 19 heavy (non-hydrogen) atoms. The molecule has 0 saturated heterocycles. The number of benzene rings is 2. The molecule has 0 spiro atoms. The highest BCUT2D eigenvalue weighted by Gasteiger charge is 2.03. The van der Waals surface area contributed by atoms with Crippen molar-refractivity contribution < 1.29 is 9.18 Å². The highest BCUT2D eigenvalue weighted by atomic mass is 19.1. The second kappa shape index (κ2) is 7.47. The quantitative estimate of drug-likeness (QED) is 0.699. The van der Waals surface area contributed by atoms with Gasteiger partial charge in [-0.05, 0) is 23.3 Å². The number of rotatable bonds is 3. The Morgan fingerprint density at radius 1 is 0.895 bits per heavy atom. The van der Waals surface area contributed by atoms with Gasteiger partial charge in [-0.15, -0.1) is 0 Å². The van der Waals surface area contributed by atoms with Crippen molar-refractivity contribution in [2.24, 2.45) is 0 Å². The van der Waals surface area contributed by atoms with Gasteiger partial charge in [0.1, 0.15) is 5.82 Å². The summed E-state index contributed by atoms with van der Waals surface area (Å²) >= 11 is 0. The lowest BCUT2D eigenvalue weighted by Gasteiger charge is -2.03. The minimum Gasteiger partial charge on any atom is -0.294 e. The minimum absolute atomic E-state index is 0.135. The lowest BCUT2D eigenvalue weighted by Crippen LogP contribution is -1.95. The zero-order valence-corrected chi connectivity index (χ0v) is 11.6. The first-order valence-electron chi connectivity index (χ1n) is 6.60. The monoisotopic (exact) mass is 258 g/mol. The van der Waals surface area contributed by atoms with E-state index in [0.29, 0.717) is 6.42 Å². The number of halogens is 1. The Hall–Kier alpha value is -1.96. The molecule has 0 aliphatic heterocycles. The molecule has 0 amide bonds. The van der Waals surface area contributed by atoms with E-state index in [9.17, 15) is 9.18 Å². The first-order valence-corrected chi connectivity index (χ1v) is 6.60. The Kier molecular flexibility index (Phi) is 5.94. The fourth-order valence-corrected chi connectivity index (χ4v) is 1.70. The summed E-state index contributed by atoms with van der Waals surface area (Å²) in [6, 6.07) is 13.7.